The summed E-state index contributed by atoms with van der Waals surface area (Å²) in [6.07, 6.45) is 30.2. The molecule has 10 N–H and O–H groups in total. The van der Waals surface area contributed by atoms with E-state index >= 15 is 0 Å². The third-order valence-corrected chi connectivity index (χ3v) is 25.2. The van der Waals surface area contributed by atoms with Crippen LogP contribution in [-0.4, -0.2) is 205 Å². The number of rotatable bonds is 78. The molecule has 0 spiro atoms. The van der Waals surface area contributed by atoms with Crippen LogP contribution < -0.4 is 0 Å². The lowest BCUT2D eigenvalue weighted by atomic mass is 9.84. The summed E-state index contributed by atoms with van der Waals surface area (Å²) < 4.78 is 73.6. The molecule has 26 heteroatoms. The molecule has 3 fully saturated rings. The number of aliphatic hydroxyl groups excluding tert-OH is 9. The van der Waals surface area contributed by atoms with Gasteiger partial charge in [-0.25, -0.2) is 4.57 Å². The van der Waals surface area contributed by atoms with Crippen LogP contribution in [0.25, 0.3) is 0 Å². The lowest BCUT2D eigenvalue weighted by Crippen LogP contribution is -2.70. The van der Waals surface area contributed by atoms with Gasteiger partial charge in [-0.15, -0.1) is 0 Å². The Labute approximate surface area is 730 Å². The van der Waals surface area contributed by atoms with Gasteiger partial charge in [0.25, 0.3) is 0 Å². The van der Waals surface area contributed by atoms with Crippen molar-refractivity contribution in [3.8, 4) is 0 Å². The number of hydrogen-bond acceptors (Lipinski definition) is 24. The van der Waals surface area contributed by atoms with E-state index in [4.69, 9.17) is 46.9 Å². The van der Waals surface area contributed by atoms with Gasteiger partial charge in [-0.05, 0) is 88.9 Å². The molecule has 3 aliphatic rings. The van der Waals surface area contributed by atoms with Crippen LogP contribution >= 0.6 is 7.82 Å². The zero-order valence-electron chi connectivity index (χ0n) is 76.2. The van der Waals surface area contributed by atoms with E-state index in [0.29, 0.717) is 50.4 Å². The first-order chi connectivity index (χ1) is 58.5. The van der Waals surface area contributed by atoms with Crippen molar-refractivity contribution in [2.45, 2.75) is 518 Å². The highest BCUT2D eigenvalue weighted by Crippen LogP contribution is 2.49. The van der Waals surface area contributed by atoms with Crippen LogP contribution in [0.15, 0.2) is 24.3 Å². The molecule has 0 aromatic carbocycles. The minimum atomic E-state index is -5.82. The van der Waals surface area contributed by atoms with E-state index in [9.17, 15) is 74.6 Å². The predicted octanol–water partition coefficient (Wildman–Crippen LogP) is 18.6. The minimum Gasteiger partial charge on any atom is -0.463 e. The lowest BCUT2D eigenvalue weighted by molar-refractivity contribution is -0.360. The molecule has 20 atom stereocenters. The Morgan fingerprint density at radius 3 is 1.07 bits per heavy atom. The summed E-state index contributed by atoms with van der Waals surface area (Å²) >= 11 is 0. The second-order valence-electron chi connectivity index (χ2n) is 35.5. The Bertz CT molecular complexity index is 2640. The molecule has 0 amide bonds. The molecular formula is C95H175O25P. The lowest BCUT2D eigenvalue weighted by Gasteiger charge is -2.50. The molecule has 3 rings (SSSR count). The van der Waals surface area contributed by atoms with E-state index in [1.54, 1.807) is 0 Å². The van der Waals surface area contributed by atoms with Crippen LogP contribution in [0.5, 0.6) is 0 Å². The van der Waals surface area contributed by atoms with Gasteiger partial charge in [-0.1, -0.05) is 336 Å². The number of carbonyl (C=O) groups excluding carboxylic acids is 4. The van der Waals surface area contributed by atoms with E-state index in [2.05, 4.69) is 65.8 Å². The number of aliphatic hydroxyl groups is 9. The van der Waals surface area contributed by atoms with E-state index in [-0.39, 0.29) is 25.7 Å². The Balaban J connectivity index is 1.92. The number of phosphoric acid groups is 1. The molecule has 0 aromatic heterocycles. The predicted molar refractivity (Wildman–Crippen MR) is 472 cm³/mol. The molecular weight excluding hydrogens is 1570 g/mol. The summed E-state index contributed by atoms with van der Waals surface area (Å²) in [5.41, 5.74) is 0. The molecule has 1 aliphatic carbocycles. The molecule has 20 unspecified atom stereocenters. The average molecular weight is 1750 g/mol. The van der Waals surface area contributed by atoms with Crippen LogP contribution in [0.4, 0.5) is 0 Å². The molecule has 121 heavy (non-hydrogen) atoms. The number of phosphoric ester groups is 1. The molecule has 2 heterocycles. The zero-order chi connectivity index (χ0) is 88.5. The summed E-state index contributed by atoms with van der Waals surface area (Å²) in [6.45, 7) is 10.2. The minimum absolute atomic E-state index is 0.00885. The average Bonchev–Trinajstić information content (AvgIpc) is 0.753. The first kappa shape index (κ1) is 112. The highest BCUT2D eigenvalue weighted by molar-refractivity contribution is 7.47. The summed E-state index contributed by atoms with van der Waals surface area (Å²) in [7, 11) is -5.82. The number of esters is 4. The van der Waals surface area contributed by atoms with Gasteiger partial charge in [0.05, 0.1) is 13.2 Å². The molecule has 0 bridgehead atoms. The fourth-order valence-corrected chi connectivity index (χ4v) is 17.2. The third-order valence-electron chi connectivity index (χ3n) is 24.2. The van der Waals surface area contributed by atoms with Gasteiger partial charge in [-0.3, -0.25) is 28.2 Å². The maximum absolute atomic E-state index is 14.9. The fraction of sp³-hybridized carbons (Fsp3) is 0.916. The summed E-state index contributed by atoms with van der Waals surface area (Å²) in [6, 6.07) is 0. The molecule has 2 aliphatic heterocycles. The smallest absolute Gasteiger partial charge is 0.463 e. The van der Waals surface area contributed by atoms with Gasteiger partial charge < -0.3 is 88.7 Å². The first-order valence-electron chi connectivity index (χ1n) is 48.9. The highest BCUT2D eigenvalue weighted by atomic mass is 31.2. The summed E-state index contributed by atoms with van der Waals surface area (Å²) in [5.74, 6) is -1.66. The number of carbonyl (C=O) groups is 4. The van der Waals surface area contributed by atoms with Crippen LogP contribution in [0, 0.1) is 11.8 Å². The third kappa shape index (κ3) is 52.3. The number of allylic oxidation sites excluding steroid dienone is 4. The van der Waals surface area contributed by atoms with Crippen molar-refractivity contribution in [1.82, 2.24) is 0 Å². The van der Waals surface area contributed by atoms with Gasteiger partial charge >= 0.3 is 31.7 Å². The molecule has 2 saturated heterocycles. The van der Waals surface area contributed by atoms with E-state index in [1.807, 2.05) is 0 Å². The molecule has 25 nitrogen and oxygen atoms in total. The largest absolute Gasteiger partial charge is 0.472 e. The van der Waals surface area contributed by atoms with Crippen molar-refractivity contribution in [3.05, 3.63) is 24.3 Å². The van der Waals surface area contributed by atoms with Crippen LogP contribution in [0.1, 0.15) is 414 Å². The normalized spacial score (nSPS) is 25.2. The molecule has 1 saturated carbocycles. The maximum Gasteiger partial charge on any atom is 0.472 e. The maximum atomic E-state index is 14.9. The molecule has 0 aromatic rings. The SMILES string of the molecule is CCCCCC/C=C\CCCCCCCCCC(=O)OCC1OC(OC2C(OC(=O)CCCCCCCCC(C)CCCCCCCC)C(O)C(O)C(OC3OC(CO)C(O)C(O)C3O)C2OP(=O)(O)OCC(COC(=O)CCCCCCCCC(C)CCCCCCCC)OC(=O)CCCCCCCCC/C=C\CCCCCC)C(O)C(O)C1O. The monoisotopic (exact) mass is 1750 g/mol. The van der Waals surface area contributed by atoms with Gasteiger partial charge in [0, 0.05) is 25.7 Å². The van der Waals surface area contributed by atoms with Crippen molar-refractivity contribution in [1.29, 1.82) is 0 Å². The molecule has 0 radical (unpaired) electrons. The number of unbranched alkanes of at least 4 members (excludes halogenated alkanes) is 42. The van der Waals surface area contributed by atoms with E-state index in [0.717, 1.165) is 161 Å². The van der Waals surface area contributed by atoms with Crippen molar-refractivity contribution in [2.24, 2.45) is 11.8 Å². The van der Waals surface area contributed by atoms with Crippen molar-refractivity contribution in [2.75, 3.05) is 26.4 Å². The van der Waals surface area contributed by atoms with Gasteiger partial charge in [0.2, 0.25) is 0 Å². The van der Waals surface area contributed by atoms with Gasteiger partial charge in [0.1, 0.15) is 92.6 Å². The fourth-order valence-electron chi connectivity index (χ4n) is 16.3. The Morgan fingerprint density at radius 2 is 0.669 bits per heavy atom. The van der Waals surface area contributed by atoms with Gasteiger partial charge in [0.15, 0.2) is 24.8 Å². The van der Waals surface area contributed by atoms with Crippen molar-refractivity contribution in [3.63, 3.8) is 0 Å². The highest BCUT2D eigenvalue weighted by Gasteiger charge is 2.60. The first-order valence-corrected chi connectivity index (χ1v) is 50.3. The van der Waals surface area contributed by atoms with Gasteiger partial charge in [-0.2, -0.15) is 0 Å². The summed E-state index contributed by atoms with van der Waals surface area (Å²) in [5, 5.41) is 103. The Kier molecular flexibility index (Phi) is 66.6. The zero-order valence-corrected chi connectivity index (χ0v) is 77.1. The van der Waals surface area contributed by atoms with Crippen LogP contribution in [-0.2, 0) is 70.7 Å². The topological polar surface area (TPSA) is 380 Å². The van der Waals surface area contributed by atoms with Crippen molar-refractivity contribution >= 4 is 31.7 Å². The second-order valence-corrected chi connectivity index (χ2v) is 36.9. The van der Waals surface area contributed by atoms with E-state index in [1.165, 1.54) is 148 Å². The summed E-state index contributed by atoms with van der Waals surface area (Å²) in [4.78, 5) is 66.7. The number of hydrogen-bond donors (Lipinski definition) is 10. The Morgan fingerprint density at radius 1 is 0.347 bits per heavy atom. The van der Waals surface area contributed by atoms with Crippen LogP contribution in [0.2, 0.25) is 0 Å². The second kappa shape index (κ2) is 71.8. The number of ether oxygens (including phenoxy) is 8. The standard InChI is InChI=1S/C95H175O25P/c1-7-11-15-19-23-25-27-29-31-33-35-37-39-49-58-66-79(98)112-72-77-83(102)85(104)89(108)95(116-77)119-92-90(117-81(100)68-60-52-44-42-48-56-64-74(6)62-54-46-22-18-14-10-4)86(105)87(106)91(118-94-88(107)84(103)82(101)76(69-96)115-94)93(92)120-121(109,110)113-71-75(114-80(99)67-59-51-40-38-36-34-32-30-28-26-24-20-16-12-8-2)70-111-78(97)65-57-50-43-41-47-55-63-73(5)61-53-45-21-17-13-9-3/h25-28,73-77,82-96,101-108H,7-24,29-72H2,1-6H3,(H,109,110)/b27-25-,28-26-. The van der Waals surface area contributed by atoms with E-state index < -0.39 is 162 Å². The van der Waals surface area contributed by atoms with Crippen molar-refractivity contribution < 1.29 is 122 Å². The molecule has 710 valence electrons. The quantitative estimate of drug-likeness (QED) is 0.00889. The van der Waals surface area contributed by atoms with Crippen LogP contribution in [0.3, 0.4) is 0 Å². The Hall–Kier alpha value is -3.05.